The molecule has 2 heterocycles. The molecule has 0 bridgehead atoms. The Kier molecular flexibility index (Phi) is 6.30. The van der Waals surface area contributed by atoms with Crippen LogP contribution in [0.3, 0.4) is 0 Å². The Morgan fingerprint density at radius 1 is 1.21 bits per heavy atom. The maximum atomic E-state index is 13.2. The molecule has 0 saturated heterocycles. The number of carbonyl (C=O) groups is 1. The second kappa shape index (κ2) is 9.02. The summed E-state index contributed by atoms with van der Waals surface area (Å²) >= 11 is 0. The number of amidine groups is 1. The molecule has 1 N–H and O–H groups in total. The quantitative estimate of drug-likeness (QED) is 0.606. The van der Waals surface area contributed by atoms with Gasteiger partial charge in [-0.15, -0.1) is 5.10 Å². The number of ether oxygens (including phenoxy) is 2. The molecule has 1 aliphatic carbocycles. The molecule has 0 unspecified atom stereocenters. The van der Waals surface area contributed by atoms with Crippen molar-refractivity contribution in [3.8, 4) is 5.75 Å². The number of nitrogens with zero attached hydrogens (tertiary/aromatic N) is 4. The fourth-order valence-electron chi connectivity index (χ4n) is 3.53. The van der Waals surface area contributed by atoms with E-state index in [1.807, 2.05) is 25.1 Å². The van der Waals surface area contributed by atoms with E-state index in [9.17, 15) is 4.79 Å². The summed E-state index contributed by atoms with van der Waals surface area (Å²) in [7, 11) is 0. The Morgan fingerprint density at radius 3 is 2.64 bits per heavy atom. The SMILES string of the molecule is C=C1N(CC(=O)c2cc(OCCO)cc(C(C)(C)C)c2)N=C2C(C)=CC(OCC3CC3)=NN12. The minimum Gasteiger partial charge on any atom is -0.491 e. The zero-order valence-corrected chi connectivity index (χ0v) is 19.8. The summed E-state index contributed by atoms with van der Waals surface area (Å²) < 4.78 is 11.4. The fraction of sp³-hybridized carbons (Fsp3) is 0.480. The van der Waals surface area contributed by atoms with Crippen LogP contribution in [0, 0.1) is 5.92 Å². The molecule has 4 rings (SSSR count). The summed E-state index contributed by atoms with van der Waals surface area (Å²) in [6, 6.07) is 5.51. The minimum atomic E-state index is -0.167. The molecule has 8 heteroatoms. The molecular formula is C25H32N4O4. The largest absolute Gasteiger partial charge is 0.491 e. The van der Waals surface area contributed by atoms with E-state index in [0.29, 0.717) is 41.4 Å². The number of fused-ring (bicyclic) bond motifs is 1. The first-order valence-electron chi connectivity index (χ1n) is 11.3. The number of aliphatic hydroxyl groups is 1. The van der Waals surface area contributed by atoms with Crippen LogP contribution in [0.4, 0.5) is 0 Å². The lowest BCUT2D eigenvalue weighted by Crippen LogP contribution is -2.30. The van der Waals surface area contributed by atoms with Gasteiger partial charge in [-0.1, -0.05) is 27.4 Å². The fourth-order valence-corrected chi connectivity index (χ4v) is 3.53. The van der Waals surface area contributed by atoms with E-state index in [-0.39, 0.29) is 31.0 Å². The van der Waals surface area contributed by atoms with Crippen molar-refractivity contribution in [2.75, 3.05) is 26.4 Å². The second-order valence-corrected chi connectivity index (χ2v) is 9.72. The first-order chi connectivity index (χ1) is 15.7. The average Bonchev–Trinajstić information content (AvgIpc) is 3.55. The third-order valence-corrected chi connectivity index (χ3v) is 5.76. The highest BCUT2D eigenvalue weighted by atomic mass is 16.5. The van der Waals surface area contributed by atoms with Gasteiger partial charge in [0.2, 0.25) is 5.90 Å². The predicted octanol–water partition coefficient (Wildman–Crippen LogP) is 3.64. The van der Waals surface area contributed by atoms with Crippen molar-refractivity contribution >= 4 is 17.5 Å². The van der Waals surface area contributed by atoms with Gasteiger partial charge in [0.1, 0.15) is 24.7 Å². The van der Waals surface area contributed by atoms with Gasteiger partial charge in [0.25, 0.3) is 0 Å². The highest BCUT2D eigenvalue weighted by Crippen LogP contribution is 2.31. The van der Waals surface area contributed by atoms with Gasteiger partial charge in [0.05, 0.1) is 13.2 Å². The Labute approximate surface area is 194 Å². The lowest BCUT2D eigenvalue weighted by molar-refractivity contribution is 0.0947. The van der Waals surface area contributed by atoms with Crippen molar-refractivity contribution < 1.29 is 19.4 Å². The van der Waals surface area contributed by atoms with Crippen LogP contribution < -0.4 is 4.74 Å². The molecule has 0 amide bonds. The first kappa shape index (κ1) is 23.0. The molecular weight excluding hydrogens is 420 g/mol. The van der Waals surface area contributed by atoms with Crippen LogP contribution in [-0.2, 0) is 10.2 Å². The van der Waals surface area contributed by atoms with Gasteiger partial charge in [0, 0.05) is 17.2 Å². The number of Topliss-reactive ketones (excluding diaryl/α,β-unsaturated/α-hetero) is 1. The van der Waals surface area contributed by atoms with Crippen molar-refractivity contribution in [3.63, 3.8) is 0 Å². The molecule has 1 saturated carbocycles. The molecule has 3 aliphatic rings. The van der Waals surface area contributed by atoms with Crippen LogP contribution in [0.25, 0.3) is 0 Å². The van der Waals surface area contributed by atoms with Crippen molar-refractivity contribution in [2.45, 2.75) is 46.0 Å². The summed E-state index contributed by atoms with van der Waals surface area (Å²) in [6.07, 6.45) is 4.28. The maximum Gasteiger partial charge on any atom is 0.232 e. The van der Waals surface area contributed by atoms with E-state index in [4.69, 9.17) is 14.6 Å². The Morgan fingerprint density at radius 2 is 1.97 bits per heavy atom. The smallest absolute Gasteiger partial charge is 0.232 e. The summed E-state index contributed by atoms with van der Waals surface area (Å²) in [5, 5.41) is 21.4. The van der Waals surface area contributed by atoms with Crippen LogP contribution in [0.15, 0.2) is 52.5 Å². The van der Waals surface area contributed by atoms with E-state index in [1.54, 1.807) is 16.1 Å². The normalized spacial score (nSPS) is 18.0. The van der Waals surface area contributed by atoms with Gasteiger partial charge in [-0.3, -0.25) is 4.79 Å². The molecule has 0 atom stereocenters. The van der Waals surface area contributed by atoms with E-state index >= 15 is 0 Å². The maximum absolute atomic E-state index is 13.2. The van der Waals surface area contributed by atoms with Crippen molar-refractivity contribution in [1.29, 1.82) is 0 Å². The standard InChI is InChI=1S/C25H32N4O4/c1-16-10-23(33-15-18-6-7-18)26-29-17(2)28(27-24(16)29)14-22(31)19-11-20(25(3,4)5)13-21(12-19)32-9-8-30/h10-13,18,30H,2,6-9,14-15H2,1,3-5H3. The number of ketones is 1. The highest BCUT2D eigenvalue weighted by molar-refractivity contribution is 6.08. The van der Waals surface area contributed by atoms with Crippen LogP contribution in [0.2, 0.25) is 0 Å². The van der Waals surface area contributed by atoms with Crippen LogP contribution in [0.1, 0.15) is 56.5 Å². The van der Waals surface area contributed by atoms with Gasteiger partial charge < -0.3 is 14.6 Å². The third kappa shape index (κ3) is 5.27. The molecule has 1 aromatic carbocycles. The Bertz CT molecular complexity index is 1050. The molecule has 1 aromatic rings. The molecule has 0 aromatic heterocycles. The molecule has 8 nitrogen and oxygen atoms in total. The van der Waals surface area contributed by atoms with Gasteiger partial charge >= 0.3 is 0 Å². The third-order valence-electron chi connectivity index (χ3n) is 5.76. The lowest BCUT2D eigenvalue weighted by atomic mass is 9.85. The second-order valence-electron chi connectivity index (χ2n) is 9.72. The predicted molar refractivity (Wildman–Crippen MR) is 127 cm³/mol. The lowest BCUT2D eigenvalue weighted by Gasteiger charge is -2.23. The molecule has 0 radical (unpaired) electrons. The van der Waals surface area contributed by atoms with E-state index < -0.39 is 0 Å². The monoisotopic (exact) mass is 452 g/mol. The topological polar surface area (TPSA) is 87.0 Å². The summed E-state index contributed by atoms with van der Waals surface area (Å²) in [5.41, 5.74) is 2.24. The number of benzene rings is 1. The van der Waals surface area contributed by atoms with E-state index in [1.165, 1.54) is 12.8 Å². The zero-order chi connectivity index (χ0) is 23.8. The minimum absolute atomic E-state index is 0.0208. The zero-order valence-electron chi connectivity index (χ0n) is 19.8. The Hall–Kier alpha value is -3.13. The number of hydrogen-bond donors (Lipinski definition) is 1. The van der Waals surface area contributed by atoms with Crippen molar-refractivity contribution in [1.82, 2.24) is 10.0 Å². The van der Waals surface area contributed by atoms with E-state index in [0.717, 1.165) is 11.1 Å². The summed E-state index contributed by atoms with van der Waals surface area (Å²) in [4.78, 5) is 13.2. The molecule has 1 fully saturated rings. The van der Waals surface area contributed by atoms with Gasteiger partial charge in [-0.25, -0.2) is 5.01 Å². The molecule has 176 valence electrons. The van der Waals surface area contributed by atoms with Crippen LogP contribution in [0.5, 0.6) is 5.75 Å². The molecule has 33 heavy (non-hydrogen) atoms. The Balaban J connectivity index is 1.51. The first-order valence-corrected chi connectivity index (χ1v) is 11.3. The average molecular weight is 453 g/mol. The van der Waals surface area contributed by atoms with Gasteiger partial charge in [-0.2, -0.15) is 10.1 Å². The van der Waals surface area contributed by atoms with Crippen LogP contribution in [-0.4, -0.2) is 59.0 Å². The summed E-state index contributed by atoms with van der Waals surface area (Å²) in [5.74, 6) is 2.75. The number of hydrogen-bond acceptors (Lipinski definition) is 8. The highest BCUT2D eigenvalue weighted by Gasteiger charge is 2.33. The van der Waals surface area contributed by atoms with Crippen molar-refractivity contribution in [2.24, 2.45) is 16.1 Å². The number of rotatable bonds is 8. The molecule has 0 spiro atoms. The van der Waals surface area contributed by atoms with E-state index in [2.05, 4.69) is 37.6 Å². The van der Waals surface area contributed by atoms with Crippen LogP contribution >= 0.6 is 0 Å². The summed E-state index contributed by atoms with van der Waals surface area (Å²) in [6.45, 7) is 13.0. The number of hydrazone groups is 2. The number of carbonyl (C=O) groups excluding carboxylic acids is 1. The van der Waals surface area contributed by atoms with Gasteiger partial charge in [0.15, 0.2) is 11.6 Å². The van der Waals surface area contributed by atoms with Gasteiger partial charge in [-0.05, 0) is 54.9 Å². The number of aliphatic hydroxyl groups excluding tert-OH is 1. The molecule has 2 aliphatic heterocycles. The van der Waals surface area contributed by atoms with Crippen molar-refractivity contribution in [3.05, 3.63) is 53.4 Å².